The highest BCUT2D eigenvalue weighted by Gasteiger charge is 2.06. The van der Waals surface area contributed by atoms with Gasteiger partial charge in [0.25, 0.3) is 6.43 Å². The molecule has 0 aromatic heterocycles. The van der Waals surface area contributed by atoms with Gasteiger partial charge < -0.3 is 14.8 Å². The summed E-state index contributed by atoms with van der Waals surface area (Å²) >= 11 is 0. The Hall–Kier alpha value is -1.20. The van der Waals surface area contributed by atoms with Gasteiger partial charge in [-0.05, 0) is 6.07 Å². The summed E-state index contributed by atoms with van der Waals surface area (Å²) in [5.41, 5.74) is 0.865. The minimum Gasteiger partial charge on any atom is -0.487 e. The lowest BCUT2D eigenvalue weighted by Crippen LogP contribution is -2.19. The van der Waals surface area contributed by atoms with Crippen molar-refractivity contribution in [1.82, 2.24) is 5.32 Å². The molecule has 1 aromatic carbocycles. The van der Waals surface area contributed by atoms with Gasteiger partial charge in [-0.25, -0.2) is 8.78 Å². The number of nitrogens with one attached hydrogen (secondary N) is 1. The Morgan fingerprint density at radius 2 is 2.06 bits per heavy atom. The fraction of sp³-hybridized carbons (Fsp3) is 0.500. The van der Waals surface area contributed by atoms with Gasteiger partial charge in [0, 0.05) is 25.8 Å². The number of ether oxygens (including phenoxy) is 2. The highest BCUT2D eigenvalue weighted by atomic mass is 19.3. The maximum absolute atomic E-state index is 12.0. The second-order valence-electron chi connectivity index (χ2n) is 3.48. The average molecular weight is 245 g/mol. The van der Waals surface area contributed by atoms with E-state index in [1.54, 1.807) is 19.2 Å². The molecule has 0 bridgehead atoms. The number of hydrogen-bond donors (Lipinski definition) is 1. The van der Waals surface area contributed by atoms with Crippen LogP contribution in [0.25, 0.3) is 0 Å². The number of hydrogen-bond acceptors (Lipinski definition) is 3. The third kappa shape index (κ3) is 5.60. The predicted molar refractivity (Wildman–Crippen MR) is 61.5 cm³/mol. The topological polar surface area (TPSA) is 30.5 Å². The zero-order valence-corrected chi connectivity index (χ0v) is 9.79. The van der Waals surface area contributed by atoms with E-state index < -0.39 is 13.0 Å². The highest BCUT2D eigenvalue weighted by molar-refractivity contribution is 5.33. The number of benzene rings is 1. The Bertz CT molecular complexity index is 321. The number of halogens is 2. The summed E-state index contributed by atoms with van der Waals surface area (Å²) in [5.74, 6) is 0.498. The first-order valence-electron chi connectivity index (χ1n) is 5.42. The zero-order valence-electron chi connectivity index (χ0n) is 9.79. The van der Waals surface area contributed by atoms with E-state index in [2.05, 4.69) is 5.32 Å². The van der Waals surface area contributed by atoms with Crippen LogP contribution in [0.4, 0.5) is 8.78 Å². The van der Waals surface area contributed by atoms with E-state index in [9.17, 15) is 8.78 Å². The molecular formula is C12H17F2NO2. The highest BCUT2D eigenvalue weighted by Crippen LogP contribution is 2.18. The first kappa shape index (κ1) is 13.9. The second-order valence-corrected chi connectivity index (χ2v) is 3.48. The second kappa shape index (κ2) is 7.97. The van der Waals surface area contributed by atoms with Gasteiger partial charge in [-0.3, -0.25) is 0 Å². The van der Waals surface area contributed by atoms with Crippen LogP contribution in [0.3, 0.4) is 0 Å². The average Bonchev–Trinajstić information content (AvgIpc) is 2.33. The number of alkyl halides is 2. The standard InChI is InChI=1S/C12H17F2NO2/c1-16-7-6-15-8-10-4-2-3-5-11(10)17-9-12(13)14/h2-5,12,15H,6-9H2,1H3. The van der Waals surface area contributed by atoms with Crippen molar-refractivity contribution in [2.45, 2.75) is 13.0 Å². The molecule has 96 valence electrons. The van der Waals surface area contributed by atoms with Gasteiger partial charge >= 0.3 is 0 Å². The van der Waals surface area contributed by atoms with Gasteiger partial charge in [-0.1, -0.05) is 18.2 Å². The Kier molecular flexibility index (Phi) is 6.50. The number of rotatable bonds is 8. The van der Waals surface area contributed by atoms with Crippen molar-refractivity contribution in [3.8, 4) is 5.75 Å². The minimum absolute atomic E-state index is 0.498. The molecule has 0 spiro atoms. The van der Waals surface area contributed by atoms with E-state index in [1.807, 2.05) is 12.1 Å². The molecule has 0 amide bonds. The fourth-order valence-electron chi connectivity index (χ4n) is 1.34. The molecule has 0 aliphatic carbocycles. The smallest absolute Gasteiger partial charge is 0.272 e. The number of para-hydroxylation sites is 1. The Morgan fingerprint density at radius 1 is 1.29 bits per heavy atom. The minimum atomic E-state index is -2.45. The molecule has 0 heterocycles. The molecule has 3 nitrogen and oxygen atoms in total. The molecule has 1 N–H and O–H groups in total. The molecule has 0 unspecified atom stereocenters. The van der Waals surface area contributed by atoms with E-state index in [4.69, 9.17) is 9.47 Å². The third-order valence-electron chi connectivity index (χ3n) is 2.14. The summed E-state index contributed by atoms with van der Waals surface area (Å²) < 4.78 is 34.0. The molecule has 0 saturated carbocycles. The van der Waals surface area contributed by atoms with Crippen molar-refractivity contribution in [3.63, 3.8) is 0 Å². The Labute approximate surface area is 99.7 Å². The molecule has 1 rings (SSSR count). The lowest BCUT2D eigenvalue weighted by Gasteiger charge is -2.11. The summed E-state index contributed by atoms with van der Waals surface area (Å²) in [6.07, 6.45) is -2.45. The maximum atomic E-state index is 12.0. The van der Waals surface area contributed by atoms with Gasteiger partial charge in [0.15, 0.2) is 0 Å². The van der Waals surface area contributed by atoms with Crippen LogP contribution in [0.1, 0.15) is 5.56 Å². The van der Waals surface area contributed by atoms with Gasteiger partial charge in [-0.15, -0.1) is 0 Å². The molecule has 0 aliphatic heterocycles. The summed E-state index contributed by atoms with van der Waals surface area (Å²) in [5, 5.41) is 3.14. The van der Waals surface area contributed by atoms with Crippen molar-refractivity contribution in [3.05, 3.63) is 29.8 Å². The van der Waals surface area contributed by atoms with Crippen LogP contribution in [0, 0.1) is 0 Å². The summed E-state index contributed by atoms with van der Waals surface area (Å²) in [4.78, 5) is 0. The van der Waals surface area contributed by atoms with Gasteiger partial charge in [0.05, 0.1) is 6.61 Å². The molecule has 0 aliphatic rings. The van der Waals surface area contributed by atoms with Crippen molar-refractivity contribution in [2.75, 3.05) is 26.9 Å². The van der Waals surface area contributed by atoms with Crippen molar-refractivity contribution in [1.29, 1.82) is 0 Å². The summed E-state index contributed by atoms with van der Waals surface area (Å²) in [6, 6.07) is 7.15. The lowest BCUT2D eigenvalue weighted by molar-refractivity contribution is 0.0813. The van der Waals surface area contributed by atoms with Crippen LogP contribution in [0.15, 0.2) is 24.3 Å². The van der Waals surface area contributed by atoms with Crippen LogP contribution in [0.2, 0.25) is 0 Å². The monoisotopic (exact) mass is 245 g/mol. The van der Waals surface area contributed by atoms with Crippen LogP contribution in [0.5, 0.6) is 5.75 Å². The molecular weight excluding hydrogens is 228 g/mol. The Balaban J connectivity index is 2.46. The van der Waals surface area contributed by atoms with Crippen LogP contribution >= 0.6 is 0 Å². The van der Waals surface area contributed by atoms with E-state index in [0.29, 0.717) is 25.4 Å². The van der Waals surface area contributed by atoms with Gasteiger partial charge in [-0.2, -0.15) is 0 Å². The Morgan fingerprint density at radius 3 is 2.76 bits per heavy atom. The molecule has 0 atom stereocenters. The van der Waals surface area contributed by atoms with Crippen LogP contribution < -0.4 is 10.1 Å². The maximum Gasteiger partial charge on any atom is 0.272 e. The van der Waals surface area contributed by atoms with Crippen LogP contribution in [-0.4, -0.2) is 33.3 Å². The SMILES string of the molecule is COCCNCc1ccccc1OCC(F)F. The molecule has 1 aromatic rings. The summed E-state index contributed by atoms with van der Waals surface area (Å²) in [6.45, 7) is 1.32. The first-order chi connectivity index (χ1) is 8.24. The van der Waals surface area contributed by atoms with E-state index >= 15 is 0 Å². The van der Waals surface area contributed by atoms with Gasteiger partial charge in [0.2, 0.25) is 0 Å². The molecule has 0 saturated heterocycles. The lowest BCUT2D eigenvalue weighted by atomic mass is 10.2. The van der Waals surface area contributed by atoms with E-state index in [1.165, 1.54) is 0 Å². The van der Waals surface area contributed by atoms with E-state index in [0.717, 1.165) is 5.56 Å². The van der Waals surface area contributed by atoms with E-state index in [-0.39, 0.29) is 0 Å². The van der Waals surface area contributed by atoms with Crippen molar-refractivity contribution >= 4 is 0 Å². The summed E-state index contributed by atoms with van der Waals surface area (Å²) in [7, 11) is 1.63. The largest absolute Gasteiger partial charge is 0.487 e. The van der Waals surface area contributed by atoms with Crippen molar-refractivity contribution in [2.24, 2.45) is 0 Å². The molecule has 0 fully saturated rings. The molecule has 5 heteroatoms. The number of methoxy groups -OCH3 is 1. The quantitative estimate of drug-likeness (QED) is 0.711. The normalized spacial score (nSPS) is 10.8. The third-order valence-corrected chi connectivity index (χ3v) is 2.14. The first-order valence-corrected chi connectivity index (χ1v) is 5.42. The molecule has 0 radical (unpaired) electrons. The van der Waals surface area contributed by atoms with Gasteiger partial charge in [0.1, 0.15) is 12.4 Å². The zero-order chi connectivity index (χ0) is 12.5. The van der Waals surface area contributed by atoms with Crippen molar-refractivity contribution < 1.29 is 18.3 Å². The predicted octanol–water partition coefficient (Wildman–Crippen LogP) is 2.07. The fourth-order valence-corrected chi connectivity index (χ4v) is 1.34. The molecule has 17 heavy (non-hydrogen) atoms. The van der Waals surface area contributed by atoms with Crippen LogP contribution in [-0.2, 0) is 11.3 Å².